The molecule has 3 nitrogen and oxygen atoms in total. The molecular weight excluding hydrogens is 318 g/mol. The highest BCUT2D eigenvalue weighted by Crippen LogP contribution is 2.44. The van der Waals surface area contributed by atoms with E-state index in [1.807, 2.05) is 18.2 Å². The lowest BCUT2D eigenvalue weighted by Gasteiger charge is -2.29. The predicted molar refractivity (Wildman–Crippen MR) is 97.7 cm³/mol. The Morgan fingerprint density at radius 1 is 1.29 bits per heavy atom. The Kier molecular flexibility index (Phi) is 4.09. The van der Waals surface area contributed by atoms with Gasteiger partial charge in [-0.15, -0.1) is 11.3 Å². The summed E-state index contributed by atoms with van der Waals surface area (Å²) >= 11 is 1.60. The van der Waals surface area contributed by atoms with Crippen molar-refractivity contribution in [2.24, 2.45) is 5.92 Å². The van der Waals surface area contributed by atoms with Gasteiger partial charge in [-0.3, -0.25) is 4.79 Å². The molecule has 0 saturated heterocycles. The zero-order valence-corrected chi connectivity index (χ0v) is 15.0. The average molecular weight is 341 g/mol. The van der Waals surface area contributed by atoms with Gasteiger partial charge >= 0.3 is 0 Å². The summed E-state index contributed by atoms with van der Waals surface area (Å²) in [6.07, 6.45) is 4.82. The van der Waals surface area contributed by atoms with Crippen molar-refractivity contribution >= 4 is 17.2 Å². The number of hydrogen-bond donors (Lipinski definition) is 1. The van der Waals surface area contributed by atoms with Crippen LogP contribution >= 0.6 is 11.3 Å². The fraction of sp³-hybridized carbons (Fsp3) is 0.450. The first-order valence-electron chi connectivity index (χ1n) is 8.80. The van der Waals surface area contributed by atoms with Crippen LogP contribution in [-0.2, 0) is 6.61 Å². The Bertz CT molecular complexity index is 780. The normalized spacial score (nSPS) is 22.2. The van der Waals surface area contributed by atoms with Gasteiger partial charge in [0.1, 0.15) is 12.4 Å². The molecule has 1 aliphatic carbocycles. The first kappa shape index (κ1) is 15.7. The number of thiophene rings is 1. The second-order valence-corrected chi connectivity index (χ2v) is 8.10. The third kappa shape index (κ3) is 2.73. The molecule has 1 saturated carbocycles. The molecule has 4 heteroatoms. The summed E-state index contributed by atoms with van der Waals surface area (Å²) in [5.41, 5.74) is 3.47. The zero-order valence-electron chi connectivity index (χ0n) is 14.2. The van der Waals surface area contributed by atoms with Crippen LogP contribution in [0.25, 0.3) is 10.4 Å². The predicted octanol–water partition coefficient (Wildman–Crippen LogP) is 4.92. The van der Waals surface area contributed by atoms with E-state index in [0.717, 1.165) is 28.2 Å². The highest BCUT2D eigenvalue weighted by atomic mass is 32.1. The van der Waals surface area contributed by atoms with E-state index < -0.39 is 0 Å². The third-order valence-electron chi connectivity index (χ3n) is 5.31. The number of fused-ring (bicyclic) bond motifs is 3. The zero-order chi connectivity index (χ0) is 16.7. The lowest BCUT2D eigenvalue weighted by Crippen LogP contribution is -2.40. The van der Waals surface area contributed by atoms with Gasteiger partial charge in [0.15, 0.2) is 0 Å². The van der Waals surface area contributed by atoms with Crippen LogP contribution in [0.4, 0.5) is 0 Å². The molecule has 2 atom stereocenters. The molecular formula is C20H23NO2S. The molecule has 1 aromatic heterocycles. The van der Waals surface area contributed by atoms with Crippen molar-refractivity contribution in [2.75, 3.05) is 0 Å². The smallest absolute Gasteiger partial charge is 0.261 e. The van der Waals surface area contributed by atoms with Crippen molar-refractivity contribution in [3.05, 3.63) is 40.3 Å². The van der Waals surface area contributed by atoms with Gasteiger partial charge in [-0.05, 0) is 43.4 Å². The van der Waals surface area contributed by atoms with Gasteiger partial charge < -0.3 is 10.1 Å². The Hall–Kier alpha value is -1.81. The van der Waals surface area contributed by atoms with Crippen LogP contribution < -0.4 is 10.1 Å². The lowest BCUT2D eigenvalue weighted by molar-refractivity contribution is 0.0914. The van der Waals surface area contributed by atoms with Crippen LogP contribution in [-0.4, -0.2) is 11.9 Å². The summed E-state index contributed by atoms with van der Waals surface area (Å²) < 4.78 is 5.87. The summed E-state index contributed by atoms with van der Waals surface area (Å²) in [5, 5.41) is 3.26. The molecule has 0 bridgehead atoms. The average Bonchev–Trinajstić information content (AvgIpc) is 3.01. The first-order valence-corrected chi connectivity index (χ1v) is 9.61. The number of ether oxygens (including phenoxy) is 1. The van der Waals surface area contributed by atoms with Crippen LogP contribution in [0.5, 0.6) is 5.75 Å². The van der Waals surface area contributed by atoms with Crippen molar-refractivity contribution in [3.8, 4) is 16.2 Å². The number of aryl methyl sites for hydroxylation is 1. The van der Waals surface area contributed by atoms with Crippen molar-refractivity contribution in [1.29, 1.82) is 0 Å². The lowest BCUT2D eigenvalue weighted by atomic mass is 9.86. The number of hydrogen-bond acceptors (Lipinski definition) is 3. The topological polar surface area (TPSA) is 38.3 Å². The minimum Gasteiger partial charge on any atom is -0.488 e. The summed E-state index contributed by atoms with van der Waals surface area (Å²) in [5.74, 6) is 1.57. The first-order chi connectivity index (χ1) is 11.6. The van der Waals surface area contributed by atoms with Crippen LogP contribution in [0.1, 0.15) is 53.4 Å². The van der Waals surface area contributed by atoms with Gasteiger partial charge in [-0.25, -0.2) is 0 Å². The van der Waals surface area contributed by atoms with E-state index in [0.29, 0.717) is 18.6 Å². The quantitative estimate of drug-likeness (QED) is 0.841. The van der Waals surface area contributed by atoms with E-state index >= 15 is 0 Å². The molecule has 2 aliphatic rings. The minimum atomic E-state index is 0.0725. The molecule has 24 heavy (non-hydrogen) atoms. The molecule has 2 aromatic rings. The van der Waals surface area contributed by atoms with Gasteiger partial charge in [0, 0.05) is 22.0 Å². The summed E-state index contributed by atoms with van der Waals surface area (Å²) in [4.78, 5) is 14.7. The molecule has 4 rings (SSSR count). The Morgan fingerprint density at radius 3 is 2.96 bits per heavy atom. The van der Waals surface area contributed by atoms with Gasteiger partial charge in [0.05, 0.1) is 4.88 Å². The molecule has 1 aliphatic heterocycles. The van der Waals surface area contributed by atoms with Crippen LogP contribution in [0.3, 0.4) is 0 Å². The monoisotopic (exact) mass is 341 g/mol. The molecule has 0 spiro atoms. The summed E-state index contributed by atoms with van der Waals surface area (Å²) in [6.45, 7) is 4.90. The molecule has 1 fully saturated rings. The maximum atomic E-state index is 12.7. The number of carbonyl (C=O) groups is 1. The number of nitrogens with one attached hydrogen (secondary N) is 1. The van der Waals surface area contributed by atoms with Gasteiger partial charge in [0.25, 0.3) is 5.91 Å². The fourth-order valence-corrected chi connectivity index (χ4v) is 5.02. The SMILES string of the molecule is Cc1cccc2c1-c1sc(C(=O)N[C@H]3CCCC[C@@H]3C)cc1CO2. The number of rotatable bonds is 2. The molecule has 2 heterocycles. The second-order valence-electron chi connectivity index (χ2n) is 7.04. The maximum Gasteiger partial charge on any atom is 0.261 e. The van der Waals surface area contributed by atoms with Gasteiger partial charge in [0.2, 0.25) is 0 Å². The Balaban J connectivity index is 1.61. The molecule has 0 radical (unpaired) electrons. The highest BCUT2D eigenvalue weighted by Gasteiger charge is 2.27. The standard InChI is InChI=1S/C20H23NO2S/c1-12-6-3-4-8-15(12)21-20(22)17-10-14-11-23-16-9-5-7-13(2)18(16)19(14)24-17/h5,7,9-10,12,15H,3-4,6,8,11H2,1-2H3,(H,21,22)/t12-,15-/m0/s1. The maximum absolute atomic E-state index is 12.7. The second kappa shape index (κ2) is 6.25. The molecule has 0 unspecified atom stereocenters. The van der Waals surface area contributed by atoms with Crippen LogP contribution in [0.15, 0.2) is 24.3 Å². The highest BCUT2D eigenvalue weighted by molar-refractivity contribution is 7.17. The van der Waals surface area contributed by atoms with Gasteiger partial charge in [-0.1, -0.05) is 31.9 Å². The van der Waals surface area contributed by atoms with Crippen LogP contribution in [0, 0.1) is 12.8 Å². The third-order valence-corrected chi connectivity index (χ3v) is 6.50. The largest absolute Gasteiger partial charge is 0.488 e. The summed E-state index contributed by atoms with van der Waals surface area (Å²) in [6, 6.07) is 8.45. The van der Waals surface area contributed by atoms with Crippen LogP contribution in [0.2, 0.25) is 0 Å². The van der Waals surface area contributed by atoms with Crippen molar-refractivity contribution in [2.45, 2.75) is 52.2 Å². The minimum absolute atomic E-state index is 0.0725. The van der Waals surface area contributed by atoms with Crippen molar-refractivity contribution < 1.29 is 9.53 Å². The van der Waals surface area contributed by atoms with E-state index in [9.17, 15) is 4.79 Å². The number of benzene rings is 1. The number of carbonyl (C=O) groups excluding carboxylic acids is 1. The van der Waals surface area contributed by atoms with E-state index in [2.05, 4.69) is 25.2 Å². The van der Waals surface area contributed by atoms with E-state index in [1.54, 1.807) is 11.3 Å². The Labute approximate surface area is 147 Å². The van der Waals surface area contributed by atoms with E-state index in [-0.39, 0.29) is 5.91 Å². The van der Waals surface area contributed by atoms with E-state index in [1.165, 1.54) is 29.7 Å². The van der Waals surface area contributed by atoms with E-state index in [4.69, 9.17) is 4.74 Å². The fourth-order valence-electron chi connectivity index (χ4n) is 3.84. The summed E-state index contributed by atoms with van der Waals surface area (Å²) in [7, 11) is 0. The number of amides is 1. The molecule has 1 aromatic carbocycles. The van der Waals surface area contributed by atoms with Crippen molar-refractivity contribution in [3.63, 3.8) is 0 Å². The molecule has 126 valence electrons. The Morgan fingerprint density at radius 2 is 2.12 bits per heavy atom. The molecule has 1 amide bonds. The molecule has 1 N–H and O–H groups in total. The van der Waals surface area contributed by atoms with Gasteiger partial charge in [-0.2, -0.15) is 0 Å². The van der Waals surface area contributed by atoms with Crippen molar-refractivity contribution in [1.82, 2.24) is 5.32 Å².